The summed E-state index contributed by atoms with van der Waals surface area (Å²) in [6.07, 6.45) is 3.86. The average molecular weight is 747 g/mol. The van der Waals surface area contributed by atoms with E-state index in [0.29, 0.717) is 58.6 Å². The van der Waals surface area contributed by atoms with Crippen molar-refractivity contribution in [2.75, 3.05) is 50.6 Å². The van der Waals surface area contributed by atoms with E-state index in [0.717, 1.165) is 18.0 Å². The van der Waals surface area contributed by atoms with Crippen LogP contribution in [0.5, 0.6) is 11.5 Å². The van der Waals surface area contributed by atoms with Crippen LogP contribution in [0.25, 0.3) is 10.9 Å². The molecule has 0 atom stereocenters. The predicted octanol–water partition coefficient (Wildman–Crippen LogP) is 8.00. The molecule has 2 aromatic carbocycles. The lowest BCUT2D eigenvalue weighted by atomic mass is 10.2. The van der Waals surface area contributed by atoms with Gasteiger partial charge < -0.3 is 25.0 Å². The first-order valence-corrected chi connectivity index (χ1v) is 18.9. The molecule has 2 N–H and O–H groups in total. The molecule has 13 nitrogen and oxygen atoms in total. The van der Waals surface area contributed by atoms with Crippen LogP contribution in [0.4, 0.5) is 21.0 Å². The lowest BCUT2D eigenvalue weighted by molar-refractivity contribution is -0.115. The Bertz CT molecular complexity index is 1790. The number of hydrogen-bond acceptors (Lipinski definition) is 13. The van der Waals surface area contributed by atoms with E-state index in [1.165, 1.54) is 35.9 Å². The smallest absolute Gasteiger partial charge is 0.475 e. The molecular formula is C35H48FN6O7PS. The number of halogens is 1. The van der Waals surface area contributed by atoms with Gasteiger partial charge >= 0.3 is 7.82 Å². The van der Waals surface area contributed by atoms with E-state index < -0.39 is 24.8 Å². The molecule has 0 unspecified atom stereocenters. The number of nitrogens with one attached hydrogen (secondary N) is 2. The van der Waals surface area contributed by atoms with Crippen molar-refractivity contribution in [2.45, 2.75) is 72.5 Å². The summed E-state index contributed by atoms with van der Waals surface area (Å²) < 4.78 is 55.7. The first kappa shape index (κ1) is 40.1. The Morgan fingerprint density at radius 1 is 0.980 bits per heavy atom. The number of aromatic nitrogens is 3. The van der Waals surface area contributed by atoms with E-state index in [-0.39, 0.29) is 18.9 Å². The molecule has 0 spiro atoms. The van der Waals surface area contributed by atoms with Gasteiger partial charge in [0.15, 0.2) is 16.6 Å². The zero-order chi connectivity index (χ0) is 37.2. The molecule has 0 aliphatic heterocycles. The second-order valence-corrected chi connectivity index (χ2v) is 16.2. The van der Waals surface area contributed by atoms with Gasteiger partial charge in [0.05, 0.1) is 43.5 Å². The van der Waals surface area contributed by atoms with Gasteiger partial charge in [-0.05, 0) is 78.8 Å². The first-order valence-electron chi connectivity index (χ1n) is 16.7. The monoisotopic (exact) mass is 746 g/mol. The number of nitrogens with zero attached hydrogens (tertiary/aromatic N) is 4. The van der Waals surface area contributed by atoms with Gasteiger partial charge in [0.2, 0.25) is 5.91 Å². The first-order chi connectivity index (χ1) is 24.0. The fourth-order valence-electron chi connectivity index (χ4n) is 4.84. The maximum Gasteiger partial charge on any atom is 0.475 e. The van der Waals surface area contributed by atoms with Crippen molar-refractivity contribution >= 4 is 52.6 Å². The second-order valence-electron chi connectivity index (χ2n) is 13.6. The Hall–Kier alpha value is -3.72. The molecule has 51 heavy (non-hydrogen) atoms. The van der Waals surface area contributed by atoms with Crippen molar-refractivity contribution in [1.29, 1.82) is 0 Å². The Balaban J connectivity index is 1.31. The van der Waals surface area contributed by atoms with Crippen molar-refractivity contribution in [3.63, 3.8) is 0 Å². The zero-order valence-corrected chi connectivity index (χ0v) is 32.2. The quantitative estimate of drug-likeness (QED) is 0.0751. The van der Waals surface area contributed by atoms with Gasteiger partial charge in [-0.1, -0.05) is 13.0 Å². The van der Waals surface area contributed by atoms with Crippen molar-refractivity contribution in [3.05, 3.63) is 59.6 Å². The van der Waals surface area contributed by atoms with Gasteiger partial charge in [-0.3, -0.25) is 18.4 Å². The number of methoxy groups -OCH3 is 1. The molecule has 0 aliphatic rings. The third-order valence-electron chi connectivity index (χ3n) is 6.89. The van der Waals surface area contributed by atoms with E-state index in [4.69, 9.17) is 23.0 Å². The summed E-state index contributed by atoms with van der Waals surface area (Å²) in [6.45, 7) is 15.5. The van der Waals surface area contributed by atoms with Gasteiger partial charge in [0.1, 0.15) is 18.0 Å². The predicted molar refractivity (Wildman–Crippen MR) is 198 cm³/mol. The topological polar surface area (TPSA) is 146 Å². The number of benzene rings is 2. The van der Waals surface area contributed by atoms with Crippen LogP contribution in [0.15, 0.2) is 48.9 Å². The molecule has 16 heteroatoms. The average Bonchev–Trinajstić information content (AvgIpc) is 3.46. The number of anilines is 3. The number of carbonyl (C=O) groups excluding carboxylic acids is 1. The second kappa shape index (κ2) is 17.7. The highest BCUT2D eigenvalue weighted by molar-refractivity contribution is 7.48. The SMILES string of the molecule is CCN(CCCOc1cc2ncnc(Nc3ncc(CC(=O)Nc4cccc(F)c4)s3)c2cc1OC)CCOP(=O)(OC(C)(C)C)OC(C)(C)C. The van der Waals surface area contributed by atoms with Crippen LogP contribution in [0.3, 0.4) is 0 Å². The van der Waals surface area contributed by atoms with Gasteiger partial charge in [0.25, 0.3) is 0 Å². The Kier molecular flexibility index (Phi) is 13.9. The largest absolute Gasteiger partial charge is 0.493 e. The standard InChI is InChI=1S/C35H48FN6O7PS/c1-9-42(15-17-47-50(44,48-34(2,3)4)49-35(5,6)7)14-11-16-46-30-21-28-27(20-29(30)45-8)32(39-23-38-28)41-33-37-22-26(51-33)19-31(43)40-25-13-10-12-24(36)18-25/h10,12-13,18,20-23H,9,11,14-17,19H2,1-8H3,(H,40,43)(H,37,38,39,41). The van der Waals surface area contributed by atoms with Crippen LogP contribution < -0.4 is 20.1 Å². The maximum atomic E-state index is 13.5. The molecule has 1 amide bonds. The number of phosphoric acid groups is 1. The maximum absolute atomic E-state index is 13.5. The Morgan fingerprint density at radius 2 is 1.73 bits per heavy atom. The van der Waals surface area contributed by atoms with E-state index in [2.05, 4.69) is 30.5 Å². The van der Waals surface area contributed by atoms with Crippen molar-refractivity contribution in [1.82, 2.24) is 19.9 Å². The van der Waals surface area contributed by atoms with E-state index in [9.17, 15) is 13.8 Å². The van der Waals surface area contributed by atoms with Crippen molar-refractivity contribution < 1.29 is 36.8 Å². The van der Waals surface area contributed by atoms with Gasteiger partial charge in [-0.2, -0.15) is 0 Å². The minimum absolute atomic E-state index is 0.0829. The van der Waals surface area contributed by atoms with E-state index >= 15 is 0 Å². The van der Waals surface area contributed by atoms with Gasteiger partial charge in [-0.15, -0.1) is 11.3 Å². The van der Waals surface area contributed by atoms with Crippen LogP contribution in [0, 0.1) is 5.82 Å². The summed E-state index contributed by atoms with van der Waals surface area (Å²) in [5, 5.41) is 7.15. The summed E-state index contributed by atoms with van der Waals surface area (Å²) >= 11 is 1.31. The van der Waals surface area contributed by atoms with Crippen molar-refractivity contribution in [2.24, 2.45) is 0 Å². The minimum Gasteiger partial charge on any atom is -0.493 e. The fraction of sp³-hybridized carbons (Fsp3) is 0.486. The Morgan fingerprint density at radius 3 is 2.39 bits per heavy atom. The van der Waals surface area contributed by atoms with Crippen LogP contribution in [-0.2, 0) is 29.4 Å². The third-order valence-corrected chi connectivity index (χ3v) is 9.85. The molecule has 0 bridgehead atoms. The number of phosphoric ester groups is 1. The molecule has 278 valence electrons. The number of carbonyl (C=O) groups is 1. The zero-order valence-electron chi connectivity index (χ0n) is 30.4. The molecule has 0 fully saturated rings. The van der Waals surface area contributed by atoms with Gasteiger partial charge in [-0.25, -0.2) is 23.9 Å². The number of ether oxygens (including phenoxy) is 2. The Labute approximate surface area is 302 Å². The van der Waals surface area contributed by atoms with E-state index in [1.807, 2.05) is 48.5 Å². The highest BCUT2D eigenvalue weighted by Crippen LogP contribution is 2.55. The lowest BCUT2D eigenvalue weighted by Crippen LogP contribution is -2.30. The molecule has 0 radical (unpaired) electrons. The number of thiazole rings is 1. The third kappa shape index (κ3) is 13.1. The molecule has 0 saturated carbocycles. The summed E-state index contributed by atoms with van der Waals surface area (Å²) in [6, 6.07) is 9.35. The minimum atomic E-state index is -3.78. The number of amides is 1. The normalized spacial score (nSPS) is 12.4. The van der Waals surface area contributed by atoms with Crippen LogP contribution in [-0.4, -0.2) is 76.9 Å². The lowest BCUT2D eigenvalue weighted by Gasteiger charge is -2.31. The van der Waals surface area contributed by atoms with Crippen molar-refractivity contribution in [3.8, 4) is 11.5 Å². The molecule has 2 aromatic heterocycles. The van der Waals surface area contributed by atoms with Crippen LogP contribution in [0.2, 0.25) is 0 Å². The summed E-state index contributed by atoms with van der Waals surface area (Å²) in [4.78, 5) is 28.6. The molecule has 4 aromatic rings. The summed E-state index contributed by atoms with van der Waals surface area (Å²) in [5.41, 5.74) is -0.367. The summed E-state index contributed by atoms with van der Waals surface area (Å²) in [5.74, 6) is 0.870. The number of fused-ring (bicyclic) bond motifs is 1. The van der Waals surface area contributed by atoms with Gasteiger partial charge in [0, 0.05) is 41.3 Å². The van der Waals surface area contributed by atoms with E-state index in [1.54, 1.807) is 31.5 Å². The summed E-state index contributed by atoms with van der Waals surface area (Å²) in [7, 11) is -2.21. The van der Waals surface area contributed by atoms with Crippen LogP contribution >= 0.6 is 19.2 Å². The highest BCUT2D eigenvalue weighted by Gasteiger charge is 2.37. The van der Waals surface area contributed by atoms with Crippen LogP contribution in [0.1, 0.15) is 59.8 Å². The molecule has 0 aliphatic carbocycles. The molecule has 0 saturated heterocycles. The number of rotatable bonds is 18. The fourth-order valence-corrected chi connectivity index (χ4v) is 7.44. The highest BCUT2D eigenvalue weighted by atomic mass is 32.1. The molecule has 2 heterocycles. The molecule has 4 rings (SSSR count). The molecular weight excluding hydrogens is 698 g/mol. The number of hydrogen-bond donors (Lipinski definition) is 2. The number of likely N-dealkylation sites (N-methyl/N-ethyl adjacent to an activating group) is 1.